The molecule has 0 unspecified atom stereocenters. The highest BCUT2D eigenvalue weighted by Crippen LogP contribution is 2.37. The van der Waals surface area contributed by atoms with Gasteiger partial charge in [0.05, 0.1) is 11.8 Å². The first kappa shape index (κ1) is 17.4. The Hall–Kier alpha value is -3.03. The van der Waals surface area contributed by atoms with Crippen molar-refractivity contribution < 1.29 is 23.6 Å². The lowest BCUT2D eigenvalue weighted by molar-refractivity contribution is -0.154. The first-order valence-electron chi connectivity index (χ1n) is 9.02. The molecule has 1 aromatic heterocycles. The predicted molar refractivity (Wildman–Crippen MR) is 91.7 cm³/mol. The number of esters is 1. The minimum absolute atomic E-state index is 0.148. The Morgan fingerprint density at radius 1 is 1.11 bits per heavy atom. The number of hydrogen-bond donors (Lipinski definition) is 0. The maximum absolute atomic E-state index is 12.4. The minimum atomic E-state index is -0.671. The second-order valence-corrected chi connectivity index (χ2v) is 6.80. The van der Waals surface area contributed by atoms with Crippen LogP contribution in [0.2, 0.25) is 0 Å². The number of nitrogens with zero attached hydrogens (tertiary/aromatic N) is 3. The van der Waals surface area contributed by atoms with Gasteiger partial charge in [0.15, 0.2) is 6.61 Å². The van der Waals surface area contributed by atoms with Crippen LogP contribution in [0.25, 0.3) is 11.4 Å². The predicted octanol–water partition coefficient (Wildman–Crippen LogP) is 1.95. The Labute approximate surface area is 155 Å². The fourth-order valence-corrected chi connectivity index (χ4v) is 3.72. The van der Waals surface area contributed by atoms with E-state index in [1.807, 2.05) is 30.3 Å². The summed E-state index contributed by atoms with van der Waals surface area (Å²) in [5.41, 5.74) is 0.787. The molecule has 2 amide bonds. The standard InChI is InChI=1S/C19H19N3O5/c23-16(10-22-18(24)13-8-4-5-9-14(13)19(22)25)26-11-15-20-17(21-27-15)12-6-2-1-3-7-12/h1-3,6-7,13-14H,4-5,8-11H2/t13-,14-/m1/s1. The summed E-state index contributed by atoms with van der Waals surface area (Å²) in [6.07, 6.45) is 3.31. The summed E-state index contributed by atoms with van der Waals surface area (Å²) in [5, 5.41) is 3.84. The Bertz CT molecular complexity index is 839. The zero-order chi connectivity index (χ0) is 18.8. The van der Waals surface area contributed by atoms with Gasteiger partial charge in [0.2, 0.25) is 17.6 Å². The summed E-state index contributed by atoms with van der Waals surface area (Å²) in [4.78, 5) is 42.0. The van der Waals surface area contributed by atoms with Crippen molar-refractivity contribution in [2.24, 2.45) is 11.8 Å². The van der Waals surface area contributed by atoms with E-state index in [0.29, 0.717) is 18.7 Å². The van der Waals surface area contributed by atoms with Crippen LogP contribution in [-0.4, -0.2) is 39.4 Å². The molecule has 2 aromatic rings. The molecule has 8 nitrogen and oxygen atoms in total. The molecule has 1 aliphatic carbocycles. The van der Waals surface area contributed by atoms with Gasteiger partial charge in [-0.25, -0.2) is 0 Å². The van der Waals surface area contributed by atoms with Crippen molar-refractivity contribution in [3.05, 3.63) is 36.2 Å². The number of likely N-dealkylation sites (tertiary alicyclic amines) is 1. The van der Waals surface area contributed by atoms with Gasteiger partial charge in [-0.05, 0) is 12.8 Å². The molecule has 2 heterocycles. The number of amides is 2. The topological polar surface area (TPSA) is 103 Å². The SMILES string of the molecule is O=C(CN1C(=O)[C@@H]2CCCC[C@H]2C1=O)OCc1nc(-c2ccccc2)no1. The molecule has 1 saturated heterocycles. The highest BCUT2D eigenvalue weighted by molar-refractivity contribution is 6.07. The van der Waals surface area contributed by atoms with Gasteiger partial charge in [0.25, 0.3) is 5.89 Å². The molecule has 1 aromatic carbocycles. The number of carbonyl (C=O) groups excluding carboxylic acids is 3. The van der Waals surface area contributed by atoms with E-state index in [0.717, 1.165) is 23.3 Å². The molecule has 0 N–H and O–H groups in total. The van der Waals surface area contributed by atoms with E-state index in [4.69, 9.17) is 9.26 Å². The Kier molecular flexibility index (Phi) is 4.70. The van der Waals surface area contributed by atoms with E-state index in [1.165, 1.54) is 0 Å². The van der Waals surface area contributed by atoms with Gasteiger partial charge in [-0.15, -0.1) is 0 Å². The van der Waals surface area contributed by atoms with Crippen molar-refractivity contribution >= 4 is 17.8 Å². The Morgan fingerprint density at radius 2 is 1.78 bits per heavy atom. The smallest absolute Gasteiger partial charge is 0.326 e. The molecule has 0 bridgehead atoms. The van der Waals surface area contributed by atoms with Gasteiger partial charge in [0.1, 0.15) is 6.54 Å². The third kappa shape index (κ3) is 3.47. The monoisotopic (exact) mass is 369 g/mol. The van der Waals surface area contributed by atoms with Crippen molar-refractivity contribution in [3.63, 3.8) is 0 Å². The summed E-state index contributed by atoms with van der Waals surface area (Å²) >= 11 is 0. The second-order valence-electron chi connectivity index (χ2n) is 6.80. The number of hydrogen-bond acceptors (Lipinski definition) is 7. The van der Waals surface area contributed by atoms with Gasteiger partial charge in [-0.3, -0.25) is 19.3 Å². The molecule has 2 atom stereocenters. The molecular formula is C19H19N3O5. The van der Waals surface area contributed by atoms with Gasteiger partial charge in [-0.2, -0.15) is 4.98 Å². The van der Waals surface area contributed by atoms with E-state index in [-0.39, 0.29) is 42.7 Å². The van der Waals surface area contributed by atoms with E-state index in [2.05, 4.69) is 10.1 Å². The Balaban J connectivity index is 1.33. The zero-order valence-electron chi connectivity index (χ0n) is 14.7. The van der Waals surface area contributed by atoms with Crippen LogP contribution < -0.4 is 0 Å². The molecule has 2 aliphatic rings. The third-order valence-electron chi connectivity index (χ3n) is 5.08. The van der Waals surface area contributed by atoms with Gasteiger partial charge in [0, 0.05) is 5.56 Å². The molecule has 1 aliphatic heterocycles. The first-order chi connectivity index (χ1) is 13.1. The Morgan fingerprint density at radius 3 is 2.44 bits per heavy atom. The van der Waals surface area contributed by atoms with Gasteiger partial charge in [-0.1, -0.05) is 48.3 Å². The maximum Gasteiger partial charge on any atom is 0.326 e. The lowest BCUT2D eigenvalue weighted by Crippen LogP contribution is -2.36. The zero-order valence-corrected chi connectivity index (χ0v) is 14.7. The minimum Gasteiger partial charge on any atom is -0.454 e. The summed E-state index contributed by atoms with van der Waals surface area (Å²) in [6, 6.07) is 9.26. The number of imide groups is 1. The van der Waals surface area contributed by atoms with E-state index in [1.54, 1.807) is 0 Å². The van der Waals surface area contributed by atoms with Gasteiger partial charge >= 0.3 is 5.97 Å². The molecule has 1 saturated carbocycles. The quantitative estimate of drug-likeness (QED) is 0.586. The highest BCUT2D eigenvalue weighted by atomic mass is 16.6. The molecule has 140 valence electrons. The van der Waals surface area contributed by atoms with Crippen molar-refractivity contribution in [1.29, 1.82) is 0 Å². The molecule has 27 heavy (non-hydrogen) atoms. The number of benzene rings is 1. The fourth-order valence-electron chi connectivity index (χ4n) is 3.72. The van der Waals surface area contributed by atoms with E-state index >= 15 is 0 Å². The van der Waals surface area contributed by atoms with Crippen LogP contribution >= 0.6 is 0 Å². The number of aromatic nitrogens is 2. The normalized spacial score (nSPS) is 22.0. The van der Waals surface area contributed by atoms with Crippen LogP contribution in [0.15, 0.2) is 34.9 Å². The molecular weight excluding hydrogens is 350 g/mol. The fraction of sp³-hybridized carbons (Fsp3) is 0.421. The van der Waals surface area contributed by atoms with Crippen LogP contribution in [-0.2, 0) is 25.7 Å². The van der Waals surface area contributed by atoms with Crippen LogP contribution in [0.4, 0.5) is 0 Å². The summed E-state index contributed by atoms with van der Waals surface area (Å²) in [7, 11) is 0. The largest absolute Gasteiger partial charge is 0.454 e. The highest BCUT2D eigenvalue weighted by Gasteiger charge is 2.48. The molecule has 8 heteroatoms. The van der Waals surface area contributed by atoms with Crippen molar-refractivity contribution in [2.45, 2.75) is 32.3 Å². The third-order valence-corrected chi connectivity index (χ3v) is 5.08. The van der Waals surface area contributed by atoms with Crippen molar-refractivity contribution in [2.75, 3.05) is 6.54 Å². The number of rotatable bonds is 5. The summed E-state index contributed by atoms with van der Waals surface area (Å²) in [5.74, 6) is -1.19. The van der Waals surface area contributed by atoms with Crippen LogP contribution in [0.1, 0.15) is 31.6 Å². The molecule has 4 rings (SSSR count). The van der Waals surface area contributed by atoms with Crippen molar-refractivity contribution in [1.82, 2.24) is 15.0 Å². The molecule has 2 fully saturated rings. The summed E-state index contributed by atoms with van der Waals surface area (Å²) in [6.45, 7) is -0.577. The van der Waals surface area contributed by atoms with Crippen LogP contribution in [0, 0.1) is 11.8 Å². The molecule has 0 radical (unpaired) electrons. The van der Waals surface area contributed by atoms with Gasteiger partial charge < -0.3 is 9.26 Å². The lowest BCUT2D eigenvalue weighted by Gasteiger charge is -2.19. The average Bonchev–Trinajstić information content (AvgIpc) is 3.27. The second kappa shape index (κ2) is 7.30. The van der Waals surface area contributed by atoms with Crippen LogP contribution in [0.5, 0.6) is 0 Å². The van der Waals surface area contributed by atoms with Crippen molar-refractivity contribution in [3.8, 4) is 11.4 Å². The molecule has 0 spiro atoms. The van der Waals surface area contributed by atoms with E-state index in [9.17, 15) is 14.4 Å². The maximum atomic E-state index is 12.4. The summed E-state index contributed by atoms with van der Waals surface area (Å²) < 4.78 is 10.2. The number of carbonyl (C=O) groups is 3. The van der Waals surface area contributed by atoms with Crippen LogP contribution in [0.3, 0.4) is 0 Å². The van der Waals surface area contributed by atoms with E-state index < -0.39 is 5.97 Å². The number of ether oxygens (including phenoxy) is 1. The lowest BCUT2D eigenvalue weighted by atomic mass is 9.81. The number of fused-ring (bicyclic) bond motifs is 1. The average molecular weight is 369 g/mol. The first-order valence-corrected chi connectivity index (χ1v) is 9.02.